The largest absolute Gasteiger partial charge is 0.393 e. The van der Waals surface area contributed by atoms with Crippen molar-refractivity contribution in [2.75, 3.05) is 0 Å². The van der Waals surface area contributed by atoms with Gasteiger partial charge in [-0.05, 0) is 81.5 Å². The first kappa shape index (κ1) is 17.6. The van der Waals surface area contributed by atoms with Gasteiger partial charge in [0.25, 0.3) is 0 Å². The molecule has 1 N–H and O–H groups in total. The second kappa shape index (κ2) is 5.33. The van der Waals surface area contributed by atoms with E-state index in [4.69, 9.17) is 9.47 Å². The van der Waals surface area contributed by atoms with Crippen molar-refractivity contribution in [3.63, 3.8) is 0 Å². The first-order chi connectivity index (χ1) is 12.2. The summed E-state index contributed by atoms with van der Waals surface area (Å²) < 4.78 is 13.0. The van der Waals surface area contributed by atoms with Crippen LogP contribution in [0, 0.1) is 34.5 Å². The molecule has 4 heteroatoms. The lowest BCUT2D eigenvalue weighted by molar-refractivity contribution is -0.186. The number of aliphatic hydroxyl groups excluding tert-OH is 1. The fourth-order valence-corrected chi connectivity index (χ4v) is 7.93. The van der Waals surface area contributed by atoms with Gasteiger partial charge in [0, 0.05) is 11.8 Å². The van der Waals surface area contributed by atoms with Gasteiger partial charge in [0.15, 0.2) is 5.79 Å². The lowest BCUT2D eigenvalue weighted by Gasteiger charge is -2.62. The van der Waals surface area contributed by atoms with E-state index in [0.29, 0.717) is 29.5 Å². The predicted octanol–water partition coefficient (Wildman–Crippen LogP) is 3.70. The SMILES string of the molecule is CC1(C)OC2C(O1)C1CC(O)CCC1(C)C1CCC3(C)C(=O)CCC3C21. The lowest BCUT2D eigenvalue weighted by atomic mass is 9.44. The van der Waals surface area contributed by atoms with Crippen LogP contribution in [0.5, 0.6) is 0 Å². The zero-order valence-electron chi connectivity index (χ0n) is 16.7. The third kappa shape index (κ3) is 2.15. The van der Waals surface area contributed by atoms with E-state index in [1.165, 1.54) is 0 Å². The Hall–Kier alpha value is -0.450. The highest BCUT2D eigenvalue weighted by atomic mass is 16.8. The molecule has 1 aliphatic heterocycles. The zero-order chi connectivity index (χ0) is 18.5. The number of hydrogen-bond acceptors (Lipinski definition) is 4. The summed E-state index contributed by atoms with van der Waals surface area (Å²) >= 11 is 0. The highest BCUT2D eigenvalue weighted by molar-refractivity contribution is 5.87. The van der Waals surface area contributed by atoms with Gasteiger partial charge >= 0.3 is 0 Å². The molecule has 0 amide bonds. The molecule has 4 saturated carbocycles. The molecule has 0 bridgehead atoms. The molecular weight excluding hydrogens is 328 g/mol. The number of Topliss-reactive ketones (excluding diaryl/α,β-unsaturated/α-hetero) is 1. The van der Waals surface area contributed by atoms with Crippen molar-refractivity contribution in [2.24, 2.45) is 34.5 Å². The summed E-state index contributed by atoms with van der Waals surface area (Å²) in [4.78, 5) is 12.7. The van der Waals surface area contributed by atoms with Crippen LogP contribution < -0.4 is 0 Å². The Balaban J connectivity index is 1.59. The molecule has 9 unspecified atom stereocenters. The number of hydrogen-bond donors (Lipinski definition) is 1. The Morgan fingerprint density at radius 3 is 2.42 bits per heavy atom. The molecule has 9 atom stereocenters. The van der Waals surface area contributed by atoms with Gasteiger partial charge in [-0.3, -0.25) is 4.79 Å². The van der Waals surface area contributed by atoms with Gasteiger partial charge < -0.3 is 14.6 Å². The van der Waals surface area contributed by atoms with E-state index in [-0.39, 0.29) is 29.1 Å². The molecular formula is C22H34O4. The maximum Gasteiger partial charge on any atom is 0.163 e. The molecule has 0 spiro atoms. The molecule has 5 aliphatic rings. The van der Waals surface area contributed by atoms with Crippen LogP contribution in [-0.2, 0) is 14.3 Å². The van der Waals surface area contributed by atoms with E-state index in [1.807, 2.05) is 13.8 Å². The van der Waals surface area contributed by atoms with E-state index < -0.39 is 5.79 Å². The topological polar surface area (TPSA) is 55.8 Å². The van der Waals surface area contributed by atoms with Crippen molar-refractivity contribution >= 4 is 5.78 Å². The van der Waals surface area contributed by atoms with Gasteiger partial charge in [-0.15, -0.1) is 0 Å². The van der Waals surface area contributed by atoms with E-state index in [2.05, 4.69) is 13.8 Å². The minimum atomic E-state index is -0.565. The number of aliphatic hydroxyl groups is 1. The lowest BCUT2D eigenvalue weighted by Crippen LogP contribution is -2.63. The highest BCUT2D eigenvalue weighted by Crippen LogP contribution is 2.67. The maximum atomic E-state index is 12.7. The average Bonchev–Trinajstić information content (AvgIpc) is 3.05. The van der Waals surface area contributed by atoms with Gasteiger partial charge in [-0.2, -0.15) is 0 Å². The Bertz CT molecular complexity index is 630. The molecule has 4 aliphatic carbocycles. The number of ketones is 1. The van der Waals surface area contributed by atoms with Crippen molar-refractivity contribution in [2.45, 2.75) is 96.7 Å². The van der Waals surface area contributed by atoms with E-state index >= 15 is 0 Å². The average molecular weight is 363 g/mol. The summed E-state index contributed by atoms with van der Waals surface area (Å²) in [7, 11) is 0. The molecule has 0 aromatic carbocycles. The van der Waals surface area contributed by atoms with Gasteiger partial charge in [0.1, 0.15) is 5.78 Å². The monoisotopic (exact) mass is 362 g/mol. The van der Waals surface area contributed by atoms with E-state index in [9.17, 15) is 9.90 Å². The number of carbonyl (C=O) groups is 1. The van der Waals surface area contributed by atoms with Gasteiger partial charge in [0.05, 0.1) is 18.3 Å². The highest BCUT2D eigenvalue weighted by Gasteiger charge is 2.68. The van der Waals surface area contributed by atoms with E-state index in [0.717, 1.165) is 44.9 Å². The molecule has 26 heavy (non-hydrogen) atoms. The first-order valence-corrected chi connectivity index (χ1v) is 10.7. The molecule has 1 saturated heterocycles. The number of carbonyl (C=O) groups excluding carboxylic acids is 1. The minimum Gasteiger partial charge on any atom is -0.393 e. The van der Waals surface area contributed by atoms with Crippen LogP contribution in [0.25, 0.3) is 0 Å². The van der Waals surface area contributed by atoms with Crippen LogP contribution in [0.15, 0.2) is 0 Å². The summed E-state index contributed by atoms with van der Waals surface area (Å²) in [6.45, 7) is 8.72. The van der Waals surface area contributed by atoms with Crippen molar-refractivity contribution in [3.8, 4) is 0 Å². The Morgan fingerprint density at radius 1 is 0.923 bits per heavy atom. The van der Waals surface area contributed by atoms with E-state index in [1.54, 1.807) is 0 Å². The summed E-state index contributed by atoms with van der Waals surface area (Å²) in [6.07, 6.45) is 6.66. The minimum absolute atomic E-state index is 0.0595. The van der Waals surface area contributed by atoms with Crippen LogP contribution in [0.2, 0.25) is 0 Å². The number of rotatable bonds is 0. The smallest absolute Gasteiger partial charge is 0.163 e. The van der Waals surface area contributed by atoms with Gasteiger partial charge in [-0.1, -0.05) is 13.8 Å². The Morgan fingerprint density at radius 2 is 1.65 bits per heavy atom. The summed E-state index contributed by atoms with van der Waals surface area (Å²) in [6, 6.07) is 0. The molecule has 5 fully saturated rings. The Labute approximate surface area is 157 Å². The normalized spacial score (nSPS) is 57.9. The van der Waals surface area contributed by atoms with Crippen molar-refractivity contribution < 1.29 is 19.4 Å². The van der Waals surface area contributed by atoms with Crippen molar-refractivity contribution in [1.82, 2.24) is 0 Å². The Kier molecular flexibility index (Phi) is 3.61. The van der Waals surface area contributed by atoms with Crippen molar-refractivity contribution in [1.29, 1.82) is 0 Å². The van der Waals surface area contributed by atoms with Gasteiger partial charge in [0.2, 0.25) is 0 Å². The third-order valence-corrected chi connectivity index (χ3v) is 9.22. The molecule has 5 rings (SSSR count). The fraction of sp³-hybridized carbons (Fsp3) is 0.955. The second-order valence-electron chi connectivity index (χ2n) is 10.8. The summed E-state index contributed by atoms with van der Waals surface area (Å²) in [5, 5.41) is 10.4. The molecule has 0 radical (unpaired) electrons. The van der Waals surface area contributed by atoms with Crippen LogP contribution in [0.3, 0.4) is 0 Å². The number of fused-ring (bicyclic) bond motifs is 8. The number of ether oxygens (including phenoxy) is 2. The maximum absolute atomic E-state index is 12.7. The van der Waals surface area contributed by atoms with Gasteiger partial charge in [-0.25, -0.2) is 0 Å². The first-order valence-electron chi connectivity index (χ1n) is 10.7. The van der Waals surface area contributed by atoms with Crippen LogP contribution in [0.4, 0.5) is 0 Å². The quantitative estimate of drug-likeness (QED) is 0.714. The fourth-order valence-electron chi connectivity index (χ4n) is 7.93. The second-order valence-corrected chi connectivity index (χ2v) is 10.8. The standard InChI is InChI=1S/C22H34O4/c1-20(2)25-18-15-11-12(23)7-9-21(15,3)14-8-10-22(4)13(5-6-16(22)24)17(14)19(18)26-20/h12-15,17-19,23H,5-11H2,1-4H3. The molecule has 146 valence electrons. The molecule has 0 aromatic heterocycles. The summed E-state index contributed by atoms with van der Waals surface area (Å²) in [5.41, 5.74) is 0.0427. The molecule has 1 heterocycles. The molecule has 0 aromatic rings. The predicted molar refractivity (Wildman–Crippen MR) is 97.3 cm³/mol. The summed E-state index contributed by atoms with van der Waals surface area (Å²) in [5.74, 6) is 1.71. The van der Waals surface area contributed by atoms with Crippen LogP contribution >= 0.6 is 0 Å². The zero-order valence-corrected chi connectivity index (χ0v) is 16.7. The van der Waals surface area contributed by atoms with Crippen LogP contribution in [-0.4, -0.2) is 35.0 Å². The van der Waals surface area contributed by atoms with Crippen LogP contribution in [0.1, 0.15) is 72.6 Å². The van der Waals surface area contributed by atoms with Crippen molar-refractivity contribution in [3.05, 3.63) is 0 Å². The molecule has 4 nitrogen and oxygen atoms in total. The third-order valence-electron chi connectivity index (χ3n) is 9.22.